The quantitative estimate of drug-likeness (QED) is 0.779. The average molecular weight is 266 g/mol. The monoisotopic (exact) mass is 265 g/mol. The van der Waals surface area contributed by atoms with Crippen LogP contribution in [-0.4, -0.2) is 20.5 Å². The van der Waals surface area contributed by atoms with Crippen molar-refractivity contribution in [3.8, 4) is 0 Å². The summed E-state index contributed by atoms with van der Waals surface area (Å²) in [6.45, 7) is 0. The minimum Gasteiger partial charge on any atom is -0.285 e. The van der Waals surface area contributed by atoms with Crippen LogP contribution < -0.4 is 0 Å². The maximum Gasteiger partial charge on any atom is 0.230 e. The van der Waals surface area contributed by atoms with Gasteiger partial charge in [-0.1, -0.05) is 6.07 Å². The molecule has 2 aromatic heterocycles. The Hall–Kier alpha value is -1.49. The molecule has 0 bridgehead atoms. The second-order valence-electron chi connectivity index (χ2n) is 3.01. The maximum absolute atomic E-state index is 12.0. The van der Waals surface area contributed by atoms with E-state index in [-0.39, 0.29) is 5.78 Å². The molecular formula is C10H8BrN3O. The number of ketones is 1. The van der Waals surface area contributed by atoms with E-state index < -0.39 is 0 Å². The number of nitrogens with zero attached hydrogens (tertiary/aromatic N) is 3. The van der Waals surface area contributed by atoms with Gasteiger partial charge in [0.2, 0.25) is 5.78 Å². The van der Waals surface area contributed by atoms with Gasteiger partial charge in [-0.2, -0.15) is 5.10 Å². The number of aromatic nitrogens is 3. The molecule has 0 amide bonds. The molecule has 0 unspecified atom stereocenters. The maximum atomic E-state index is 12.0. The van der Waals surface area contributed by atoms with Gasteiger partial charge in [0, 0.05) is 13.2 Å². The van der Waals surface area contributed by atoms with Crippen LogP contribution in [0.5, 0.6) is 0 Å². The Balaban J connectivity index is 2.46. The van der Waals surface area contributed by atoms with Crippen LogP contribution in [0.2, 0.25) is 0 Å². The number of carbonyl (C=O) groups is 1. The molecule has 0 fully saturated rings. The van der Waals surface area contributed by atoms with E-state index in [1.54, 1.807) is 37.6 Å². The summed E-state index contributed by atoms with van der Waals surface area (Å²) in [5.41, 5.74) is 0.926. The zero-order valence-electron chi connectivity index (χ0n) is 8.01. The van der Waals surface area contributed by atoms with Gasteiger partial charge in [-0.05, 0) is 28.1 Å². The second kappa shape index (κ2) is 3.94. The van der Waals surface area contributed by atoms with E-state index in [9.17, 15) is 4.79 Å². The van der Waals surface area contributed by atoms with Crippen molar-refractivity contribution in [2.45, 2.75) is 0 Å². The highest BCUT2D eigenvalue weighted by Gasteiger charge is 2.17. The molecule has 2 rings (SSSR count). The molecule has 0 aromatic carbocycles. The van der Waals surface area contributed by atoms with E-state index in [0.717, 1.165) is 0 Å². The Morgan fingerprint density at radius 1 is 1.47 bits per heavy atom. The van der Waals surface area contributed by atoms with Crippen LogP contribution in [0.15, 0.2) is 35.1 Å². The summed E-state index contributed by atoms with van der Waals surface area (Å²) in [7, 11) is 1.72. The van der Waals surface area contributed by atoms with Crippen molar-refractivity contribution < 1.29 is 4.79 Å². The van der Waals surface area contributed by atoms with Crippen LogP contribution in [0.4, 0.5) is 0 Å². The van der Waals surface area contributed by atoms with Crippen molar-refractivity contribution >= 4 is 21.7 Å². The Morgan fingerprint density at radius 2 is 2.27 bits per heavy atom. The van der Waals surface area contributed by atoms with E-state index in [2.05, 4.69) is 26.0 Å². The van der Waals surface area contributed by atoms with Crippen molar-refractivity contribution in [2.75, 3.05) is 0 Å². The lowest BCUT2D eigenvalue weighted by Crippen LogP contribution is -2.10. The van der Waals surface area contributed by atoms with Gasteiger partial charge in [0.15, 0.2) is 0 Å². The molecule has 2 aromatic rings. The molecule has 0 aliphatic heterocycles. The van der Waals surface area contributed by atoms with E-state index >= 15 is 0 Å². The number of halogens is 1. The summed E-state index contributed by atoms with van der Waals surface area (Å²) >= 11 is 3.28. The first kappa shape index (κ1) is 10.0. The molecule has 0 N–H and O–H groups in total. The molecule has 15 heavy (non-hydrogen) atoms. The molecule has 2 heterocycles. The highest BCUT2D eigenvalue weighted by Crippen LogP contribution is 2.17. The topological polar surface area (TPSA) is 47.8 Å². The van der Waals surface area contributed by atoms with Crippen molar-refractivity contribution in [3.05, 3.63) is 46.5 Å². The van der Waals surface area contributed by atoms with E-state index in [0.29, 0.717) is 15.9 Å². The van der Waals surface area contributed by atoms with Crippen LogP contribution in [0.1, 0.15) is 16.2 Å². The Morgan fingerprint density at radius 3 is 2.80 bits per heavy atom. The highest BCUT2D eigenvalue weighted by molar-refractivity contribution is 9.10. The van der Waals surface area contributed by atoms with Gasteiger partial charge in [0.25, 0.3) is 0 Å². The fourth-order valence-electron chi connectivity index (χ4n) is 1.28. The highest BCUT2D eigenvalue weighted by atomic mass is 79.9. The molecule has 0 spiro atoms. The lowest BCUT2D eigenvalue weighted by Gasteiger charge is -2.00. The normalized spacial score (nSPS) is 10.3. The first-order valence-corrected chi connectivity index (χ1v) is 5.12. The molecule has 0 aliphatic carbocycles. The fourth-order valence-corrected chi connectivity index (χ4v) is 1.81. The third kappa shape index (κ3) is 1.83. The molecule has 4 nitrogen and oxygen atoms in total. The summed E-state index contributed by atoms with van der Waals surface area (Å²) in [5, 5.41) is 3.98. The predicted molar refractivity (Wildman–Crippen MR) is 58.6 cm³/mol. The summed E-state index contributed by atoms with van der Waals surface area (Å²) < 4.78 is 2.21. The van der Waals surface area contributed by atoms with Crippen LogP contribution in [0.25, 0.3) is 0 Å². The molecule has 0 saturated heterocycles. The summed E-state index contributed by atoms with van der Waals surface area (Å²) in [4.78, 5) is 16.0. The standard InChI is InChI=1S/C10H8BrN3O/c1-14-9(7(11)6-13-14)10(15)8-4-2-3-5-12-8/h2-6H,1H3. The minimum atomic E-state index is -0.137. The summed E-state index contributed by atoms with van der Waals surface area (Å²) in [5.74, 6) is -0.137. The number of hydrogen-bond donors (Lipinski definition) is 0. The van der Waals surface area contributed by atoms with Crippen molar-refractivity contribution in [3.63, 3.8) is 0 Å². The lowest BCUT2D eigenvalue weighted by molar-refractivity contribution is 0.102. The second-order valence-corrected chi connectivity index (χ2v) is 3.86. The van der Waals surface area contributed by atoms with E-state index in [1.165, 1.54) is 4.68 Å². The predicted octanol–water partition coefficient (Wildman–Crippen LogP) is 1.81. The Labute approximate surface area is 95.1 Å². The molecule has 0 atom stereocenters. The van der Waals surface area contributed by atoms with Gasteiger partial charge in [0.1, 0.15) is 11.4 Å². The molecule has 0 radical (unpaired) electrons. The van der Waals surface area contributed by atoms with Gasteiger partial charge in [-0.3, -0.25) is 14.5 Å². The number of rotatable bonds is 2. The zero-order valence-corrected chi connectivity index (χ0v) is 9.60. The first-order valence-electron chi connectivity index (χ1n) is 4.33. The number of carbonyl (C=O) groups excluding carboxylic acids is 1. The zero-order chi connectivity index (χ0) is 10.8. The molecule has 5 heteroatoms. The lowest BCUT2D eigenvalue weighted by atomic mass is 10.2. The minimum absolute atomic E-state index is 0.137. The van der Waals surface area contributed by atoms with Crippen molar-refractivity contribution in [1.82, 2.24) is 14.8 Å². The molecule has 0 saturated carbocycles. The van der Waals surface area contributed by atoms with Gasteiger partial charge >= 0.3 is 0 Å². The van der Waals surface area contributed by atoms with E-state index in [4.69, 9.17) is 0 Å². The van der Waals surface area contributed by atoms with Crippen LogP contribution in [-0.2, 0) is 7.05 Å². The average Bonchev–Trinajstić information content (AvgIpc) is 2.59. The number of pyridine rings is 1. The van der Waals surface area contributed by atoms with Gasteiger partial charge in [-0.15, -0.1) is 0 Å². The van der Waals surface area contributed by atoms with Crippen molar-refractivity contribution in [1.29, 1.82) is 0 Å². The van der Waals surface area contributed by atoms with Crippen LogP contribution in [0, 0.1) is 0 Å². The SMILES string of the molecule is Cn1ncc(Br)c1C(=O)c1ccccn1. The third-order valence-corrected chi connectivity index (χ3v) is 2.59. The fraction of sp³-hybridized carbons (Fsp3) is 0.100. The summed E-state index contributed by atoms with van der Waals surface area (Å²) in [6, 6.07) is 5.24. The Bertz CT molecular complexity index is 473. The van der Waals surface area contributed by atoms with Crippen LogP contribution >= 0.6 is 15.9 Å². The van der Waals surface area contributed by atoms with Gasteiger partial charge in [0.05, 0.1) is 10.7 Å². The number of aryl methyl sites for hydroxylation is 1. The first-order chi connectivity index (χ1) is 7.20. The molecule has 76 valence electrons. The third-order valence-electron chi connectivity index (χ3n) is 2.01. The number of hydrogen-bond acceptors (Lipinski definition) is 3. The smallest absolute Gasteiger partial charge is 0.230 e. The van der Waals surface area contributed by atoms with Crippen LogP contribution in [0.3, 0.4) is 0 Å². The largest absolute Gasteiger partial charge is 0.285 e. The molecular weight excluding hydrogens is 258 g/mol. The molecule has 0 aliphatic rings. The van der Waals surface area contributed by atoms with Crippen molar-refractivity contribution in [2.24, 2.45) is 7.05 Å². The van der Waals surface area contributed by atoms with Gasteiger partial charge in [-0.25, -0.2) is 0 Å². The Kier molecular flexibility index (Phi) is 2.64. The van der Waals surface area contributed by atoms with E-state index in [1.807, 2.05) is 0 Å². The van der Waals surface area contributed by atoms with Gasteiger partial charge < -0.3 is 0 Å². The summed E-state index contributed by atoms with van der Waals surface area (Å²) in [6.07, 6.45) is 3.19.